The number of aliphatic imine (C=N–C) groups is 1. The summed E-state index contributed by atoms with van der Waals surface area (Å²) in [5, 5.41) is 68.5. The van der Waals surface area contributed by atoms with Crippen LogP contribution < -0.4 is 22.9 Å². The monoisotopic (exact) mass is 1270 g/mol. The van der Waals surface area contributed by atoms with Crippen LogP contribution in [0.3, 0.4) is 0 Å². The number of nitrogens with two attached hydrogens (primary N) is 4. The molecule has 16 N–H and O–H groups in total. The fourth-order valence-electron chi connectivity index (χ4n) is 5.38. The van der Waals surface area contributed by atoms with Gasteiger partial charge in [0.05, 0.1) is 45.4 Å². The van der Waals surface area contributed by atoms with E-state index in [0.29, 0.717) is 51.8 Å². The summed E-state index contributed by atoms with van der Waals surface area (Å²) >= 11 is 17.0. The van der Waals surface area contributed by atoms with Crippen molar-refractivity contribution in [3.8, 4) is 0 Å². The molecule has 5 atom stereocenters. The Morgan fingerprint density at radius 2 is 0.904 bits per heavy atom. The SMILES string of the molecule is CC(N)CCSCC(=O)c1ccc(C(=O)O)cc1.NC(CCS)C(=O)O.NC(CS)C(=O)O.NC(CSCC(=O)c1ccc(C(=O)O)cc1)C(=O)O.O=C(O)c1ccc(C(=O)CCl)cc1.O=C(O)c1ccc(C2=NC(C(=O)O)CSC2)cc1. The summed E-state index contributed by atoms with van der Waals surface area (Å²) in [5.74, 6) is -5.16. The van der Waals surface area contributed by atoms with Crippen molar-refractivity contribution in [1.82, 2.24) is 0 Å². The van der Waals surface area contributed by atoms with E-state index in [4.69, 9.17) is 75.4 Å². The Bertz CT molecular complexity index is 2810. The van der Waals surface area contributed by atoms with Crippen molar-refractivity contribution in [2.45, 2.75) is 50.0 Å². The number of benzene rings is 4. The van der Waals surface area contributed by atoms with E-state index in [0.717, 1.165) is 29.5 Å². The molecule has 24 nitrogen and oxygen atoms in total. The number of thiol groups is 2. The lowest BCUT2D eigenvalue weighted by Crippen LogP contribution is -2.32. The Morgan fingerprint density at radius 1 is 0.542 bits per heavy atom. The molecule has 30 heteroatoms. The van der Waals surface area contributed by atoms with Gasteiger partial charge >= 0.3 is 47.8 Å². The molecule has 1 heterocycles. The van der Waals surface area contributed by atoms with Crippen LogP contribution in [0.1, 0.15) is 97.8 Å². The summed E-state index contributed by atoms with van der Waals surface area (Å²) in [6, 6.07) is 20.4. The molecule has 83 heavy (non-hydrogen) atoms. The van der Waals surface area contributed by atoms with Gasteiger partial charge in [-0.1, -0.05) is 48.5 Å². The third-order valence-electron chi connectivity index (χ3n) is 10.1. The lowest BCUT2D eigenvalue weighted by molar-refractivity contribution is -0.139. The minimum Gasteiger partial charge on any atom is -0.480 e. The van der Waals surface area contributed by atoms with Gasteiger partial charge in [0.15, 0.2) is 23.4 Å². The summed E-state index contributed by atoms with van der Waals surface area (Å²) in [5.41, 5.74) is 24.4. The van der Waals surface area contributed by atoms with Gasteiger partial charge in [-0.25, -0.2) is 24.0 Å². The number of aromatic carboxylic acids is 4. The standard InChI is InChI=1S/C13H17NO3S.C12H13NO5S.C12H11NO4S.C9H7ClO3.C4H9NO2S.C3H7NO2S/c1-9(14)6-7-18-8-12(15)10-2-4-11(5-3-10)13(16)17;13-9(12(17)18)5-19-6-10(14)7-1-3-8(4-2-7)11(15)16;14-11(15)8-3-1-7(2-4-8)9-5-18-6-10(13-9)12(16)17;10-5-8(11)6-1-3-7(4-2-6)9(12)13;5-3(1-2-8)4(6)7;4-2(1-7)3(5)6/h2-5,9H,6-8,14H2,1H3,(H,16,17);1-4,9H,5-6,13H2,(H,15,16)(H,17,18);1-4,10H,5-6H2,(H,14,15)(H,16,17);1-4H,5H2,(H,12,13);3,8H,1-2,5H2,(H,6,7);2,7H,1,4H2,(H,5,6). The molecule has 0 fully saturated rings. The maximum atomic E-state index is 11.8. The van der Waals surface area contributed by atoms with Crippen molar-refractivity contribution in [3.05, 3.63) is 142 Å². The first-order chi connectivity index (χ1) is 39.0. The molecule has 0 saturated carbocycles. The van der Waals surface area contributed by atoms with Crippen molar-refractivity contribution in [1.29, 1.82) is 0 Å². The van der Waals surface area contributed by atoms with Crippen LogP contribution in [0.15, 0.2) is 102 Å². The first-order valence-electron chi connectivity index (χ1n) is 24.0. The average Bonchev–Trinajstić information content (AvgIpc) is 3.51. The van der Waals surface area contributed by atoms with Crippen molar-refractivity contribution < 1.29 is 93.6 Å². The van der Waals surface area contributed by atoms with Gasteiger partial charge in [0.25, 0.3) is 0 Å². The topological polar surface area (TPSA) is 466 Å². The van der Waals surface area contributed by atoms with Crippen molar-refractivity contribution >= 4 is 143 Å². The number of nitrogens with zero attached hydrogens (tertiary/aromatic N) is 1. The fourth-order valence-corrected chi connectivity index (χ4v) is 8.87. The number of carboxylic acids is 8. The molecule has 4 aromatic rings. The highest BCUT2D eigenvalue weighted by atomic mass is 35.5. The largest absolute Gasteiger partial charge is 0.480 e. The van der Waals surface area contributed by atoms with E-state index in [9.17, 15) is 52.7 Å². The Kier molecular flexibility index (Phi) is 38.6. The number of rotatable bonds is 25. The summed E-state index contributed by atoms with van der Waals surface area (Å²) in [6.45, 7) is 1.94. The number of halogens is 1. The molecular formula is C53H64ClN5O19S5. The normalized spacial score (nSPS) is 13.4. The fraction of sp³-hybridized carbons (Fsp3) is 0.321. The van der Waals surface area contributed by atoms with Gasteiger partial charge in [-0.15, -0.1) is 11.6 Å². The molecule has 5 rings (SSSR count). The highest BCUT2D eigenvalue weighted by Crippen LogP contribution is 2.19. The second kappa shape index (κ2) is 42.1. The number of Topliss-reactive ketones (excluding diaryl/α,β-unsaturated/α-hetero) is 3. The van der Waals surface area contributed by atoms with Gasteiger partial charge in [-0.05, 0) is 85.4 Å². The van der Waals surface area contributed by atoms with Crippen LogP contribution in [0.25, 0.3) is 0 Å². The van der Waals surface area contributed by atoms with Crippen molar-refractivity contribution in [2.24, 2.45) is 27.9 Å². The number of aliphatic carboxylic acids is 4. The molecule has 5 unspecified atom stereocenters. The zero-order valence-corrected chi connectivity index (χ0v) is 49.2. The maximum Gasteiger partial charge on any atom is 0.335 e. The number of carboxylic acid groups (broad SMARTS) is 8. The number of thioether (sulfide) groups is 3. The molecule has 0 radical (unpaired) electrons. The number of hydrogen-bond acceptors (Lipinski definition) is 21. The van der Waals surface area contributed by atoms with Gasteiger partial charge in [0.1, 0.15) is 18.1 Å². The van der Waals surface area contributed by atoms with E-state index in [1.165, 1.54) is 84.6 Å². The highest BCUT2D eigenvalue weighted by Gasteiger charge is 2.23. The van der Waals surface area contributed by atoms with Crippen molar-refractivity contribution in [2.75, 3.05) is 51.9 Å². The Morgan fingerprint density at radius 3 is 1.20 bits per heavy atom. The van der Waals surface area contributed by atoms with E-state index >= 15 is 0 Å². The molecule has 0 spiro atoms. The van der Waals surface area contributed by atoms with E-state index in [1.807, 2.05) is 6.92 Å². The van der Waals surface area contributed by atoms with Gasteiger partial charge in [-0.2, -0.15) is 60.5 Å². The van der Waals surface area contributed by atoms with Crippen LogP contribution in [-0.4, -0.2) is 194 Å². The smallest absolute Gasteiger partial charge is 0.335 e. The molecule has 0 bridgehead atoms. The van der Waals surface area contributed by atoms with E-state index < -0.39 is 71.9 Å². The highest BCUT2D eigenvalue weighted by molar-refractivity contribution is 8.00. The van der Waals surface area contributed by atoms with Crippen LogP contribution in [0.2, 0.25) is 0 Å². The van der Waals surface area contributed by atoms with Gasteiger partial charge in [0.2, 0.25) is 0 Å². The molecule has 452 valence electrons. The summed E-state index contributed by atoms with van der Waals surface area (Å²) in [6.07, 6.45) is 1.31. The van der Waals surface area contributed by atoms with Gasteiger partial charge in [-0.3, -0.25) is 33.8 Å². The molecule has 0 aliphatic carbocycles. The summed E-state index contributed by atoms with van der Waals surface area (Å²) in [4.78, 5) is 122. The van der Waals surface area contributed by atoms with Gasteiger partial charge in [0, 0.05) is 45.7 Å². The summed E-state index contributed by atoms with van der Waals surface area (Å²) in [7, 11) is 0. The van der Waals surface area contributed by atoms with Crippen LogP contribution in [0.4, 0.5) is 0 Å². The summed E-state index contributed by atoms with van der Waals surface area (Å²) < 4.78 is 0. The quantitative estimate of drug-likeness (QED) is 0.0180. The lowest BCUT2D eigenvalue weighted by atomic mass is 10.1. The molecule has 4 aromatic carbocycles. The second-order valence-corrected chi connectivity index (χ2v) is 21.0. The van der Waals surface area contributed by atoms with Crippen LogP contribution in [0.5, 0.6) is 0 Å². The number of alkyl halides is 1. The molecule has 0 amide bonds. The predicted octanol–water partition coefficient (Wildman–Crippen LogP) is 4.98. The van der Waals surface area contributed by atoms with Crippen LogP contribution in [-0.2, 0) is 19.2 Å². The average molecular weight is 1270 g/mol. The first kappa shape index (κ1) is 76.2. The number of carbonyl (C=O) groups excluding carboxylic acids is 3. The third kappa shape index (κ3) is 32.6. The Labute approximate surface area is 505 Å². The predicted molar refractivity (Wildman–Crippen MR) is 325 cm³/mol. The molecule has 1 aliphatic rings. The minimum atomic E-state index is -1.11. The number of hydrogen-bond donors (Lipinski definition) is 14. The third-order valence-corrected chi connectivity index (χ3v) is 14.1. The van der Waals surface area contributed by atoms with E-state index in [2.05, 4.69) is 30.2 Å². The minimum absolute atomic E-state index is 0.0154. The van der Waals surface area contributed by atoms with Crippen LogP contribution >= 0.6 is 72.1 Å². The Balaban J connectivity index is 0.00000100. The lowest BCUT2D eigenvalue weighted by Gasteiger charge is -2.17. The van der Waals surface area contributed by atoms with E-state index in [-0.39, 0.29) is 68.8 Å². The Hall–Kier alpha value is -6.80. The second-order valence-electron chi connectivity index (χ2n) is 16.7. The van der Waals surface area contributed by atoms with Crippen molar-refractivity contribution in [3.63, 3.8) is 0 Å². The number of carbonyl (C=O) groups is 11. The zero-order chi connectivity index (χ0) is 63.4. The first-order valence-corrected chi connectivity index (χ1v) is 29.2. The zero-order valence-electron chi connectivity index (χ0n) is 44.2. The molecular weight excluding hydrogens is 1210 g/mol. The number of ketones is 3. The molecule has 0 aromatic heterocycles. The van der Waals surface area contributed by atoms with Gasteiger partial charge < -0.3 is 63.8 Å². The van der Waals surface area contributed by atoms with Crippen LogP contribution in [0, 0.1) is 0 Å². The van der Waals surface area contributed by atoms with E-state index in [1.54, 1.807) is 36.0 Å². The maximum absolute atomic E-state index is 11.8. The molecule has 0 saturated heterocycles. The molecule has 1 aliphatic heterocycles.